The van der Waals surface area contributed by atoms with Gasteiger partial charge in [0.25, 0.3) is 5.91 Å². The van der Waals surface area contributed by atoms with Gasteiger partial charge < -0.3 is 20.1 Å². The molecule has 3 aromatic rings. The molecule has 3 rings (SSSR count). The van der Waals surface area contributed by atoms with Gasteiger partial charge in [0.15, 0.2) is 18.1 Å². The van der Waals surface area contributed by atoms with E-state index in [1.54, 1.807) is 18.2 Å². The number of carbonyl (C=O) groups excluding carboxylic acids is 3. The highest BCUT2D eigenvalue weighted by Crippen LogP contribution is 2.27. The maximum absolute atomic E-state index is 13.6. The lowest BCUT2D eigenvalue weighted by Crippen LogP contribution is -2.32. The summed E-state index contributed by atoms with van der Waals surface area (Å²) in [4.78, 5) is 35.8. The number of para-hydroxylation sites is 1. The van der Waals surface area contributed by atoms with Crippen molar-refractivity contribution in [3.05, 3.63) is 89.7 Å². The number of rotatable bonds is 9. The zero-order valence-corrected chi connectivity index (χ0v) is 18.8. The van der Waals surface area contributed by atoms with Crippen molar-refractivity contribution >= 4 is 29.6 Å². The summed E-state index contributed by atoms with van der Waals surface area (Å²) in [6.07, 6.45) is 1.28. The van der Waals surface area contributed by atoms with Gasteiger partial charge in [0.05, 0.1) is 19.0 Å². The molecular weight excluding hydrogens is 455 g/mol. The Hall–Kier alpha value is -4.73. The molecule has 0 fully saturated rings. The van der Waals surface area contributed by atoms with Crippen LogP contribution >= 0.6 is 0 Å². The molecule has 0 bridgehead atoms. The molecule has 0 saturated carbocycles. The fourth-order valence-electron chi connectivity index (χ4n) is 2.83. The number of amides is 3. The van der Waals surface area contributed by atoms with Gasteiger partial charge in [0.1, 0.15) is 5.82 Å². The molecule has 3 N–H and O–H groups in total. The number of hydrogen-bond donors (Lipinski definition) is 3. The van der Waals surface area contributed by atoms with Crippen molar-refractivity contribution < 1.29 is 28.2 Å². The van der Waals surface area contributed by atoms with Gasteiger partial charge in [-0.15, -0.1) is 0 Å². The Bertz CT molecular complexity index is 1220. The van der Waals surface area contributed by atoms with Gasteiger partial charge in [-0.2, -0.15) is 5.10 Å². The van der Waals surface area contributed by atoms with Crippen LogP contribution in [-0.2, 0) is 20.9 Å². The molecule has 0 unspecified atom stereocenters. The Labute approximate surface area is 200 Å². The number of nitrogens with one attached hydrogen (secondary N) is 3. The molecule has 9 nitrogen and oxygen atoms in total. The first kappa shape index (κ1) is 24.9. The number of carbonyl (C=O) groups is 3. The first-order valence-corrected chi connectivity index (χ1v) is 10.5. The van der Waals surface area contributed by atoms with Gasteiger partial charge >= 0.3 is 11.8 Å². The van der Waals surface area contributed by atoms with Crippen LogP contribution in [0.25, 0.3) is 0 Å². The highest BCUT2D eigenvalue weighted by atomic mass is 19.1. The summed E-state index contributed by atoms with van der Waals surface area (Å²) in [5.74, 6) is -2.42. The maximum Gasteiger partial charge on any atom is 0.329 e. The third kappa shape index (κ3) is 7.67. The summed E-state index contributed by atoms with van der Waals surface area (Å²) in [5, 5.41) is 8.64. The number of methoxy groups -OCH3 is 1. The van der Waals surface area contributed by atoms with Crippen molar-refractivity contribution in [3.8, 4) is 11.5 Å². The summed E-state index contributed by atoms with van der Waals surface area (Å²) in [6.45, 7) is 0.184. The number of anilines is 1. The Balaban J connectivity index is 1.49. The topological polar surface area (TPSA) is 118 Å². The van der Waals surface area contributed by atoms with Gasteiger partial charge in [0, 0.05) is 6.54 Å². The van der Waals surface area contributed by atoms with Crippen LogP contribution in [0.2, 0.25) is 0 Å². The van der Waals surface area contributed by atoms with Crippen molar-refractivity contribution in [2.45, 2.75) is 6.54 Å². The van der Waals surface area contributed by atoms with Crippen LogP contribution in [-0.4, -0.2) is 37.7 Å². The summed E-state index contributed by atoms with van der Waals surface area (Å²) >= 11 is 0. The van der Waals surface area contributed by atoms with Crippen molar-refractivity contribution in [2.75, 3.05) is 19.0 Å². The first-order valence-electron chi connectivity index (χ1n) is 10.5. The van der Waals surface area contributed by atoms with Gasteiger partial charge in [-0.05, 0) is 41.5 Å². The van der Waals surface area contributed by atoms with E-state index >= 15 is 0 Å². The Kier molecular flexibility index (Phi) is 8.89. The number of halogens is 1. The second-order valence-corrected chi connectivity index (χ2v) is 7.09. The minimum Gasteiger partial charge on any atom is -0.493 e. The molecule has 35 heavy (non-hydrogen) atoms. The standard InChI is InChI=1S/C25H23FN4O5/c1-34-22-13-18(15-28-30-25(33)24(32)29-20-10-6-5-9-19(20)26)11-12-21(22)35-16-23(31)27-14-17-7-3-2-4-8-17/h2-13,15H,14,16H2,1H3,(H,27,31)(H,29,32)(H,30,33)/b28-15-. The van der Waals surface area contributed by atoms with E-state index < -0.39 is 17.6 Å². The van der Waals surface area contributed by atoms with Crippen molar-refractivity contribution in [2.24, 2.45) is 5.10 Å². The van der Waals surface area contributed by atoms with E-state index in [0.29, 0.717) is 23.6 Å². The Morgan fingerprint density at radius 3 is 2.43 bits per heavy atom. The van der Waals surface area contributed by atoms with E-state index in [4.69, 9.17) is 9.47 Å². The molecule has 0 atom stereocenters. The van der Waals surface area contributed by atoms with E-state index in [-0.39, 0.29) is 18.2 Å². The number of hydrazone groups is 1. The number of ether oxygens (including phenoxy) is 2. The molecule has 10 heteroatoms. The van der Waals surface area contributed by atoms with Gasteiger partial charge in [-0.3, -0.25) is 14.4 Å². The Morgan fingerprint density at radius 1 is 0.943 bits per heavy atom. The number of hydrogen-bond acceptors (Lipinski definition) is 6. The second-order valence-electron chi connectivity index (χ2n) is 7.09. The van der Waals surface area contributed by atoms with Gasteiger partial charge in [0.2, 0.25) is 0 Å². The number of benzene rings is 3. The smallest absolute Gasteiger partial charge is 0.329 e. The molecule has 0 aliphatic carbocycles. The van der Waals surface area contributed by atoms with Crippen LogP contribution in [0.15, 0.2) is 77.9 Å². The van der Waals surface area contributed by atoms with Gasteiger partial charge in [-0.25, -0.2) is 9.82 Å². The summed E-state index contributed by atoms with van der Waals surface area (Å²) in [5.41, 5.74) is 3.44. The van der Waals surface area contributed by atoms with Crippen LogP contribution in [0, 0.1) is 5.82 Å². The minimum absolute atomic E-state index is 0.120. The molecule has 180 valence electrons. The fourth-order valence-corrected chi connectivity index (χ4v) is 2.83. The van der Waals surface area contributed by atoms with Crippen molar-refractivity contribution in [1.29, 1.82) is 0 Å². The lowest BCUT2D eigenvalue weighted by Gasteiger charge is -2.11. The van der Waals surface area contributed by atoms with E-state index in [2.05, 4.69) is 21.2 Å². The van der Waals surface area contributed by atoms with Crippen LogP contribution < -0.4 is 25.5 Å². The van der Waals surface area contributed by atoms with Crippen molar-refractivity contribution in [3.63, 3.8) is 0 Å². The van der Waals surface area contributed by atoms with Crippen LogP contribution in [0.3, 0.4) is 0 Å². The highest BCUT2D eigenvalue weighted by molar-refractivity contribution is 6.39. The quantitative estimate of drug-likeness (QED) is 0.248. The van der Waals surface area contributed by atoms with Crippen LogP contribution in [0.5, 0.6) is 11.5 Å². The first-order chi connectivity index (χ1) is 17.0. The van der Waals surface area contributed by atoms with Gasteiger partial charge in [-0.1, -0.05) is 42.5 Å². The number of nitrogens with zero attached hydrogens (tertiary/aromatic N) is 1. The molecule has 0 spiro atoms. The minimum atomic E-state index is -1.07. The third-order valence-electron chi connectivity index (χ3n) is 4.59. The van der Waals surface area contributed by atoms with Crippen molar-refractivity contribution in [1.82, 2.24) is 10.7 Å². The molecule has 0 aliphatic heterocycles. The Morgan fingerprint density at radius 2 is 1.69 bits per heavy atom. The van der Waals surface area contributed by atoms with Crippen LogP contribution in [0.1, 0.15) is 11.1 Å². The predicted octanol–water partition coefficient (Wildman–Crippen LogP) is 2.62. The fraction of sp³-hybridized carbons (Fsp3) is 0.120. The molecule has 0 radical (unpaired) electrons. The SMILES string of the molecule is COc1cc(/C=N\NC(=O)C(=O)Nc2ccccc2F)ccc1OCC(=O)NCc1ccccc1. The lowest BCUT2D eigenvalue weighted by molar-refractivity contribution is -0.136. The molecule has 0 heterocycles. The molecule has 3 aromatic carbocycles. The zero-order chi connectivity index (χ0) is 25.0. The summed E-state index contributed by atoms with van der Waals surface area (Å²) in [7, 11) is 1.44. The third-order valence-corrected chi connectivity index (χ3v) is 4.59. The lowest BCUT2D eigenvalue weighted by atomic mass is 10.2. The predicted molar refractivity (Wildman–Crippen MR) is 128 cm³/mol. The second kappa shape index (κ2) is 12.5. The molecule has 0 aromatic heterocycles. The summed E-state index contributed by atoms with van der Waals surface area (Å²) in [6, 6.07) is 19.7. The average Bonchev–Trinajstić information content (AvgIpc) is 2.88. The normalized spacial score (nSPS) is 10.5. The average molecular weight is 478 g/mol. The van der Waals surface area contributed by atoms with E-state index in [1.165, 1.54) is 31.5 Å². The van der Waals surface area contributed by atoms with E-state index in [9.17, 15) is 18.8 Å². The summed E-state index contributed by atoms with van der Waals surface area (Å²) < 4.78 is 24.4. The van der Waals surface area contributed by atoms with Crippen LogP contribution in [0.4, 0.5) is 10.1 Å². The molecular formula is C25H23FN4O5. The maximum atomic E-state index is 13.6. The zero-order valence-electron chi connectivity index (χ0n) is 18.8. The molecule has 0 saturated heterocycles. The molecule has 0 aliphatic rings. The highest BCUT2D eigenvalue weighted by Gasteiger charge is 2.14. The van der Waals surface area contributed by atoms with E-state index in [1.807, 2.05) is 30.3 Å². The molecule has 3 amide bonds. The largest absolute Gasteiger partial charge is 0.493 e. The monoisotopic (exact) mass is 478 g/mol. The van der Waals surface area contributed by atoms with E-state index in [0.717, 1.165) is 11.6 Å².